The predicted octanol–water partition coefficient (Wildman–Crippen LogP) is 7.12. The molecule has 0 radical (unpaired) electrons. The Morgan fingerprint density at radius 2 is 1.78 bits per heavy atom. The van der Waals surface area contributed by atoms with E-state index in [9.17, 15) is 4.79 Å². The first kappa shape index (κ1) is 25.3. The number of hydrogen-bond acceptors (Lipinski definition) is 6. The number of fused-ring (bicyclic) bond motifs is 1. The molecule has 2 heterocycles. The number of urea groups is 1. The van der Waals surface area contributed by atoms with Crippen molar-refractivity contribution in [2.45, 2.75) is 38.3 Å². The van der Waals surface area contributed by atoms with Gasteiger partial charge in [-0.15, -0.1) is 0 Å². The van der Waals surface area contributed by atoms with E-state index in [0.29, 0.717) is 29.0 Å². The number of thiazole rings is 1. The molecule has 37 heavy (non-hydrogen) atoms. The Labute approximate surface area is 225 Å². The minimum Gasteiger partial charge on any atom is -0.493 e. The zero-order chi connectivity index (χ0) is 25.5. The Morgan fingerprint density at radius 3 is 2.51 bits per heavy atom. The number of anilines is 3. The molecule has 4 aromatic rings. The summed E-state index contributed by atoms with van der Waals surface area (Å²) >= 11 is 7.50. The number of rotatable bonds is 9. The van der Waals surface area contributed by atoms with Gasteiger partial charge in [-0.25, -0.2) is 9.78 Å². The van der Waals surface area contributed by atoms with E-state index in [0.717, 1.165) is 46.2 Å². The van der Waals surface area contributed by atoms with Crippen molar-refractivity contribution in [3.05, 3.63) is 77.3 Å². The highest BCUT2D eigenvalue weighted by molar-refractivity contribution is 7.22. The Hall–Kier alpha value is -3.33. The van der Waals surface area contributed by atoms with Crippen LogP contribution in [0.4, 0.5) is 21.3 Å². The highest BCUT2D eigenvalue weighted by Crippen LogP contribution is 2.30. The largest absolute Gasteiger partial charge is 0.493 e. The Kier molecular flexibility index (Phi) is 8.40. The van der Waals surface area contributed by atoms with Crippen LogP contribution in [0.5, 0.6) is 5.75 Å². The molecule has 1 aromatic heterocycles. The van der Waals surface area contributed by atoms with E-state index in [1.54, 1.807) is 35.6 Å². The molecule has 1 fully saturated rings. The van der Waals surface area contributed by atoms with Crippen LogP contribution in [-0.4, -0.2) is 30.2 Å². The van der Waals surface area contributed by atoms with Crippen molar-refractivity contribution in [2.75, 3.05) is 29.1 Å². The van der Waals surface area contributed by atoms with Gasteiger partial charge in [0.1, 0.15) is 5.75 Å². The summed E-state index contributed by atoms with van der Waals surface area (Å²) in [6, 6.07) is 21.0. The van der Waals surface area contributed by atoms with Crippen molar-refractivity contribution >= 4 is 55.7 Å². The predicted molar refractivity (Wildman–Crippen MR) is 153 cm³/mol. The van der Waals surface area contributed by atoms with E-state index in [1.807, 2.05) is 36.4 Å². The lowest BCUT2D eigenvalue weighted by Crippen LogP contribution is -2.35. The molecule has 0 spiro atoms. The average Bonchev–Trinajstić information content (AvgIpc) is 3.32. The first-order valence-corrected chi connectivity index (χ1v) is 13.7. The zero-order valence-corrected chi connectivity index (χ0v) is 22.0. The van der Waals surface area contributed by atoms with Gasteiger partial charge in [0.15, 0.2) is 5.13 Å². The number of carbonyl (C=O) groups excluding carboxylic acids is 1. The summed E-state index contributed by atoms with van der Waals surface area (Å²) in [4.78, 5) is 16.9. The summed E-state index contributed by atoms with van der Waals surface area (Å²) in [6.07, 6.45) is 4.87. The minimum absolute atomic E-state index is 0.309. The first-order chi connectivity index (χ1) is 18.1. The molecule has 3 aromatic carbocycles. The highest BCUT2D eigenvalue weighted by atomic mass is 35.5. The van der Waals surface area contributed by atoms with Crippen LogP contribution in [0.15, 0.2) is 66.7 Å². The summed E-state index contributed by atoms with van der Waals surface area (Å²) in [5.74, 6) is 0.890. The molecule has 1 aliphatic rings. The minimum atomic E-state index is -0.309. The number of carbonyl (C=O) groups is 1. The maximum atomic E-state index is 12.2. The highest BCUT2D eigenvalue weighted by Gasteiger charge is 2.12. The lowest BCUT2D eigenvalue weighted by Gasteiger charge is -2.23. The number of piperidine rings is 1. The third-order valence-corrected chi connectivity index (χ3v) is 7.49. The number of ether oxygens (including phenoxy) is 1. The van der Waals surface area contributed by atoms with Gasteiger partial charge in [0.05, 0.1) is 16.8 Å². The lowest BCUT2D eigenvalue weighted by atomic mass is 10.0. The van der Waals surface area contributed by atoms with Gasteiger partial charge >= 0.3 is 6.03 Å². The van der Waals surface area contributed by atoms with E-state index in [-0.39, 0.29) is 6.03 Å². The Balaban J connectivity index is 1.09. The molecule has 0 aliphatic carbocycles. The lowest BCUT2D eigenvalue weighted by molar-refractivity contribution is 0.262. The third kappa shape index (κ3) is 7.35. The smallest absolute Gasteiger partial charge is 0.323 e. The van der Waals surface area contributed by atoms with Crippen LogP contribution in [-0.2, 0) is 6.54 Å². The maximum absolute atomic E-state index is 12.2. The molecule has 2 amide bonds. The van der Waals surface area contributed by atoms with Crippen LogP contribution < -0.4 is 26.0 Å². The van der Waals surface area contributed by atoms with E-state index in [4.69, 9.17) is 21.3 Å². The fourth-order valence-corrected chi connectivity index (χ4v) is 5.29. The summed E-state index contributed by atoms with van der Waals surface area (Å²) < 4.78 is 7.11. The van der Waals surface area contributed by atoms with Crippen molar-refractivity contribution in [1.82, 2.24) is 10.3 Å². The monoisotopic (exact) mass is 535 g/mol. The second kappa shape index (κ2) is 12.3. The molecule has 1 aliphatic heterocycles. The molecule has 7 nitrogen and oxygen atoms in total. The van der Waals surface area contributed by atoms with Crippen LogP contribution >= 0.6 is 22.9 Å². The van der Waals surface area contributed by atoms with E-state index in [1.165, 1.54) is 19.3 Å². The SMILES string of the molecule is O=C(Nc1ccc(Cl)cc1)Nc1ccc(CNc2nc3ccc(OCCC4CCCCN4)cc3s2)cc1. The van der Waals surface area contributed by atoms with Gasteiger partial charge in [-0.3, -0.25) is 0 Å². The fourth-order valence-electron chi connectivity index (χ4n) is 4.27. The van der Waals surface area contributed by atoms with Crippen molar-refractivity contribution in [3.63, 3.8) is 0 Å². The van der Waals surface area contributed by atoms with Crippen molar-refractivity contribution in [2.24, 2.45) is 0 Å². The van der Waals surface area contributed by atoms with Crippen LogP contribution in [0.25, 0.3) is 10.2 Å². The van der Waals surface area contributed by atoms with Gasteiger partial charge in [-0.05, 0) is 86.0 Å². The quantitative estimate of drug-likeness (QED) is 0.183. The molecule has 0 bridgehead atoms. The number of hydrogen-bond donors (Lipinski definition) is 4. The first-order valence-electron chi connectivity index (χ1n) is 12.5. The topological polar surface area (TPSA) is 87.3 Å². The van der Waals surface area contributed by atoms with Crippen molar-refractivity contribution in [3.8, 4) is 5.75 Å². The van der Waals surface area contributed by atoms with Crippen LogP contribution in [0.3, 0.4) is 0 Å². The molecule has 9 heteroatoms. The number of aromatic nitrogens is 1. The normalized spacial score (nSPS) is 15.3. The molecule has 192 valence electrons. The Bertz CT molecular complexity index is 1320. The molecule has 5 rings (SSSR count). The van der Waals surface area contributed by atoms with Gasteiger partial charge in [0.2, 0.25) is 0 Å². The van der Waals surface area contributed by atoms with Crippen molar-refractivity contribution in [1.29, 1.82) is 0 Å². The number of benzene rings is 3. The van der Waals surface area contributed by atoms with Gasteiger partial charge in [-0.2, -0.15) is 0 Å². The van der Waals surface area contributed by atoms with Crippen LogP contribution in [0, 0.1) is 0 Å². The molecule has 1 saturated heterocycles. The second-order valence-corrected chi connectivity index (χ2v) is 10.5. The summed E-state index contributed by atoms with van der Waals surface area (Å²) in [6.45, 7) is 2.48. The summed E-state index contributed by atoms with van der Waals surface area (Å²) in [5, 5.41) is 14.1. The third-order valence-electron chi connectivity index (χ3n) is 6.26. The number of halogens is 1. The summed E-state index contributed by atoms with van der Waals surface area (Å²) in [7, 11) is 0. The average molecular weight is 536 g/mol. The number of nitrogens with zero attached hydrogens (tertiary/aromatic N) is 1. The van der Waals surface area contributed by atoms with E-state index >= 15 is 0 Å². The standard InChI is InChI=1S/C28H30ClN5O2S/c29-20-6-10-23(11-7-20)33-27(35)32-22-8-4-19(5-9-22)18-31-28-34-25-13-12-24(17-26(25)37-28)36-16-14-21-3-1-2-15-30-21/h4-13,17,21,30H,1-3,14-16,18H2,(H,31,34)(H2,32,33,35). The fraction of sp³-hybridized carbons (Fsp3) is 0.286. The van der Waals surface area contributed by atoms with E-state index < -0.39 is 0 Å². The molecule has 1 unspecified atom stereocenters. The molecule has 4 N–H and O–H groups in total. The van der Waals surface area contributed by atoms with Crippen molar-refractivity contribution < 1.29 is 9.53 Å². The van der Waals surface area contributed by atoms with Gasteiger partial charge in [-0.1, -0.05) is 41.5 Å². The number of amides is 2. The molecule has 1 atom stereocenters. The molecule has 0 saturated carbocycles. The van der Waals surface area contributed by atoms with Gasteiger partial charge in [0, 0.05) is 29.0 Å². The number of nitrogens with one attached hydrogen (secondary N) is 4. The van der Waals surface area contributed by atoms with Crippen LogP contribution in [0.2, 0.25) is 5.02 Å². The maximum Gasteiger partial charge on any atom is 0.323 e. The van der Waals surface area contributed by atoms with E-state index in [2.05, 4.69) is 27.3 Å². The Morgan fingerprint density at radius 1 is 1.03 bits per heavy atom. The van der Waals surface area contributed by atoms with Gasteiger partial charge in [0.25, 0.3) is 0 Å². The zero-order valence-electron chi connectivity index (χ0n) is 20.4. The van der Waals surface area contributed by atoms with Crippen LogP contribution in [0.1, 0.15) is 31.2 Å². The molecular formula is C28H30ClN5O2S. The summed E-state index contributed by atoms with van der Waals surface area (Å²) in [5.41, 5.74) is 3.43. The van der Waals surface area contributed by atoms with Gasteiger partial charge < -0.3 is 26.0 Å². The molecular weight excluding hydrogens is 506 g/mol. The second-order valence-electron chi connectivity index (χ2n) is 9.07.